The lowest BCUT2D eigenvalue weighted by molar-refractivity contribution is 0.0890. The molecule has 2 nitrogen and oxygen atoms in total. The van der Waals surface area contributed by atoms with Gasteiger partial charge in [0, 0.05) is 12.6 Å². The van der Waals surface area contributed by atoms with Crippen molar-refractivity contribution < 1.29 is 5.11 Å². The zero-order valence-electron chi connectivity index (χ0n) is 11.9. The first-order chi connectivity index (χ1) is 9.25. The van der Waals surface area contributed by atoms with Gasteiger partial charge in [0.15, 0.2) is 0 Å². The van der Waals surface area contributed by atoms with E-state index in [2.05, 4.69) is 24.0 Å². The van der Waals surface area contributed by atoms with E-state index >= 15 is 0 Å². The second-order valence-electron chi connectivity index (χ2n) is 6.27. The second-order valence-corrected chi connectivity index (χ2v) is 6.27. The molecule has 3 unspecified atom stereocenters. The average Bonchev–Trinajstić information content (AvgIpc) is 2.83. The molecule has 0 radical (unpaired) electrons. The SMILES string of the molecule is Cc1ccccc1C(O)CN1CCC2CCCCC21. The van der Waals surface area contributed by atoms with Crippen LogP contribution in [0.4, 0.5) is 0 Å². The largest absolute Gasteiger partial charge is 0.387 e. The molecule has 2 heteroatoms. The Hall–Kier alpha value is -0.860. The first-order valence-corrected chi connectivity index (χ1v) is 7.73. The molecule has 1 aliphatic heterocycles. The fourth-order valence-electron chi connectivity index (χ4n) is 4.01. The zero-order chi connectivity index (χ0) is 13.2. The van der Waals surface area contributed by atoms with Gasteiger partial charge in [0.2, 0.25) is 0 Å². The number of nitrogens with zero attached hydrogens (tertiary/aromatic N) is 1. The lowest BCUT2D eigenvalue weighted by Crippen LogP contribution is -2.37. The molecule has 1 saturated heterocycles. The van der Waals surface area contributed by atoms with Crippen molar-refractivity contribution in [2.45, 2.75) is 51.2 Å². The van der Waals surface area contributed by atoms with Crippen LogP contribution in [0.1, 0.15) is 49.3 Å². The smallest absolute Gasteiger partial charge is 0.0919 e. The van der Waals surface area contributed by atoms with Crippen LogP contribution >= 0.6 is 0 Å². The highest BCUT2D eigenvalue weighted by Gasteiger charge is 2.36. The average molecular weight is 259 g/mol. The van der Waals surface area contributed by atoms with Crippen LogP contribution in [-0.2, 0) is 0 Å². The van der Waals surface area contributed by atoms with Crippen molar-refractivity contribution in [1.29, 1.82) is 0 Å². The Bertz CT molecular complexity index is 431. The fourth-order valence-corrected chi connectivity index (χ4v) is 4.01. The van der Waals surface area contributed by atoms with Gasteiger partial charge in [-0.05, 0) is 49.8 Å². The lowest BCUT2D eigenvalue weighted by atomic mass is 9.85. The summed E-state index contributed by atoms with van der Waals surface area (Å²) in [4.78, 5) is 2.54. The van der Waals surface area contributed by atoms with Gasteiger partial charge in [-0.1, -0.05) is 37.1 Å². The molecule has 1 aliphatic carbocycles. The van der Waals surface area contributed by atoms with E-state index in [1.165, 1.54) is 44.2 Å². The number of fused-ring (bicyclic) bond motifs is 1. The van der Waals surface area contributed by atoms with Crippen molar-refractivity contribution in [2.24, 2.45) is 5.92 Å². The Kier molecular flexibility index (Phi) is 3.90. The maximum atomic E-state index is 10.5. The van der Waals surface area contributed by atoms with Crippen LogP contribution in [0.2, 0.25) is 0 Å². The summed E-state index contributed by atoms with van der Waals surface area (Å²) in [6.45, 7) is 4.08. The van der Waals surface area contributed by atoms with Crippen LogP contribution in [-0.4, -0.2) is 29.1 Å². The van der Waals surface area contributed by atoms with Gasteiger partial charge < -0.3 is 5.11 Å². The van der Waals surface area contributed by atoms with E-state index in [1.807, 2.05) is 12.1 Å². The van der Waals surface area contributed by atoms with E-state index in [0.717, 1.165) is 24.1 Å². The predicted molar refractivity (Wildman–Crippen MR) is 78.1 cm³/mol. The number of aryl methyl sites for hydroxylation is 1. The van der Waals surface area contributed by atoms with Crippen LogP contribution in [0, 0.1) is 12.8 Å². The molecule has 0 spiro atoms. The highest BCUT2D eigenvalue weighted by Crippen LogP contribution is 2.37. The van der Waals surface area contributed by atoms with E-state index in [1.54, 1.807) is 0 Å². The third-order valence-electron chi connectivity index (χ3n) is 5.08. The Morgan fingerprint density at radius 3 is 2.84 bits per heavy atom. The highest BCUT2D eigenvalue weighted by molar-refractivity contribution is 5.27. The zero-order valence-corrected chi connectivity index (χ0v) is 11.9. The molecule has 3 atom stereocenters. The van der Waals surface area contributed by atoms with E-state index in [9.17, 15) is 5.11 Å². The third kappa shape index (κ3) is 2.70. The number of rotatable bonds is 3. The van der Waals surface area contributed by atoms with Gasteiger partial charge >= 0.3 is 0 Å². The van der Waals surface area contributed by atoms with E-state index in [4.69, 9.17) is 0 Å². The predicted octanol–water partition coefficient (Wildman–Crippen LogP) is 3.29. The molecule has 1 heterocycles. The van der Waals surface area contributed by atoms with Crippen LogP contribution < -0.4 is 0 Å². The van der Waals surface area contributed by atoms with Crippen molar-refractivity contribution in [1.82, 2.24) is 4.90 Å². The van der Waals surface area contributed by atoms with E-state index in [0.29, 0.717) is 0 Å². The minimum absolute atomic E-state index is 0.332. The first kappa shape index (κ1) is 13.1. The van der Waals surface area contributed by atoms with Crippen molar-refractivity contribution in [2.75, 3.05) is 13.1 Å². The molecule has 1 aromatic rings. The Morgan fingerprint density at radius 2 is 2.00 bits per heavy atom. The normalized spacial score (nSPS) is 29.2. The van der Waals surface area contributed by atoms with Gasteiger partial charge in [0.1, 0.15) is 0 Å². The topological polar surface area (TPSA) is 23.5 Å². The molecular weight excluding hydrogens is 234 g/mol. The van der Waals surface area contributed by atoms with Gasteiger partial charge in [-0.3, -0.25) is 4.90 Å². The molecule has 0 aromatic heterocycles. The quantitative estimate of drug-likeness (QED) is 0.900. The summed E-state index contributed by atoms with van der Waals surface area (Å²) in [7, 11) is 0. The van der Waals surface area contributed by atoms with Crippen molar-refractivity contribution in [3.8, 4) is 0 Å². The number of aliphatic hydroxyl groups is 1. The number of likely N-dealkylation sites (tertiary alicyclic amines) is 1. The standard InChI is InChI=1S/C17H25NO/c1-13-6-2-4-8-15(13)17(19)12-18-11-10-14-7-3-5-9-16(14)18/h2,4,6,8,14,16-17,19H,3,5,7,9-12H2,1H3. The summed E-state index contributed by atoms with van der Waals surface area (Å²) in [6, 6.07) is 8.96. The minimum atomic E-state index is -0.332. The van der Waals surface area contributed by atoms with E-state index in [-0.39, 0.29) is 6.10 Å². The Balaban J connectivity index is 1.67. The van der Waals surface area contributed by atoms with Gasteiger partial charge in [-0.25, -0.2) is 0 Å². The third-order valence-corrected chi connectivity index (χ3v) is 5.08. The first-order valence-electron chi connectivity index (χ1n) is 7.73. The molecule has 19 heavy (non-hydrogen) atoms. The summed E-state index contributed by atoms with van der Waals surface area (Å²) in [5.41, 5.74) is 2.30. The summed E-state index contributed by atoms with van der Waals surface area (Å²) >= 11 is 0. The molecule has 0 amide bonds. The molecule has 2 aliphatic rings. The van der Waals surface area contributed by atoms with Crippen molar-refractivity contribution in [3.63, 3.8) is 0 Å². The summed E-state index contributed by atoms with van der Waals surface area (Å²) in [5, 5.41) is 10.5. The number of benzene rings is 1. The van der Waals surface area contributed by atoms with Crippen molar-refractivity contribution in [3.05, 3.63) is 35.4 Å². The number of β-amino-alcohol motifs (C(OH)–C–C–N with tert-alkyl or cyclic N) is 1. The summed E-state index contributed by atoms with van der Waals surface area (Å²) < 4.78 is 0. The van der Waals surface area contributed by atoms with Crippen LogP contribution in [0.25, 0.3) is 0 Å². The highest BCUT2D eigenvalue weighted by atomic mass is 16.3. The molecule has 2 fully saturated rings. The van der Waals surface area contributed by atoms with Gasteiger partial charge in [-0.15, -0.1) is 0 Å². The molecule has 1 aromatic carbocycles. The maximum Gasteiger partial charge on any atom is 0.0919 e. The van der Waals surface area contributed by atoms with E-state index < -0.39 is 0 Å². The molecule has 104 valence electrons. The molecular formula is C17H25NO. The lowest BCUT2D eigenvalue weighted by Gasteiger charge is -2.33. The molecule has 3 rings (SSSR count). The maximum absolute atomic E-state index is 10.5. The van der Waals surface area contributed by atoms with Crippen LogP contribution in [0.5, 0.6) is 0 Å². The van der Waals surface area contributed by atoms with Crippen LogP contribution in [0.15, 0.2) is 24.3 Å². The van der Waals surface area contributed by atoms with Crippen molar-refractivity contribution >= 4 is 0 Å². The molecule has 0 bridgehead atoms. The fraction of sp³-hybridized carbons (Fsp3) is 0.647. The van der Waals surface area contributed by atoms with Crippen LogP contribution in [0.3, 0.4) is 0 Å². The Labute approximate surface area is 116 Å². The second kappa shape index (κ2) is 5.64. The molecule has 1 N–H and O–H groups in total. The van der Waals surface area contributed by atoms with Gasteiger partial charge in [0.25, 0.3) is 0 Å². The summed E-state index contributed by atoms with van der Waals surface area (Å²) in [5.74, 6) is 0.901. The number of aliphatic hydroxyl groups excluding tert-OH is 1. The number of hydrogen-bond acceptors (Lipinski definition) is 2. The summed E-state index contributed by atoms with van der Waals surface area (Å²) in [6.07, 6.45) is 6.53. The van der Waals surface area contributed by atoms with Gasteiger partial charge in [0.05, 0.1) is 6.10 Å². The molecule has 1 saturated carbocycles. The number of hydrogen-bond donors (Lipinski definition) is 1. The van der Waals surface area contributed by atoms with Gasteiger partial charge in [-0.2, -0.15) is 0 Å². The monoisotopic (exact) mass is 259 g/mol. The minimum Gasteiger partial charge on any atom is -0.387 e. The Morgan fingerprint density at radius 1 is 1.21 bits per heavy atom.